The number of piperidine rings is 1. The molecule has 5 heteroatoms. The zero-order chi connectivity index (χ0) is 19.2. The fourth-order valence-corrected chi connectivity index (χ4v) is 3.65. The predicted molar refractivity (Wildman–Crippen MR) is 106 cm³/mol. The summed E-state index contributed by atoms with van der Waals surface area (Å²) in [6.07, 6.45) is 2.55. The Balaban J connectivity index is 1.65. The van der Waals surface area contributed by atoms with Crippen molar-refractivity contribution < 1.29 is 9.59 Å². The zero-order valence-electron chi connectivity index (χ0n) is 15.8. The van der Waals surface area contributed by atoms with Crippen LogP contribution < -0.4 is 11.1 Å². The molecule has 1 aliphatic rings. The first kappa shape index (κ1) is 19.1. The first-order valence-corrected chi connectivity index (χ1v) is 9.50. The quantitative estimate of drug-likeness (QED) is 0.826. The topological polar surface area (TPSA) is 75.4 Å². The molecule has 1 heterocycles. The predicted octanol–water partition coefficient (Wildman–Crippen LogP) is 2.95. The highest BCUT2D eigenvalue weighted by molar-refractivity contribution is 5.99. The summed E-state index contributed by atoms with van der Waals surface area (Å²) < 4.78 is 0. The number of primary amides is 1. The Morgan fingerprint density at radius 1 is 1.11 bits per heavy atom. The van der Waals surface area contributed by atoms with Crippen LogP contribution in [0.15, 0.2) is 48.5 Å². The van der Waals surface area contributed by atoms with E-state index in [-0.39, 0.29) is 5.91 Å². The number of likely N-dealkylation sites (tertiary alicyclic amines) is 1. The summed E-state index contributed by atoms with van der Waals surface area (Å²) in [5.74, 6) is -0.00611. The maximum atomic E-state index is 12.5. The highest BCUT2D eigenvalue weighted by atomic mass is 16.2. The molecule has 27 heavy (non-hydrogen) atoms. The summed E-state index contributed by atoms with van der Waals surface area (Å²) in [5.41, 5.74) is 8.43. The molecule has 0 saturated carbocycles. The summed E-state index contributed by atoms with van der Waals surface area (Å²) in [6.45, 7) is 5.93. The molecule has 0 spiro atoms. The van der Waals surface area contributed by atoms with E-state index in [4.69, 9.17) is 5.73 Å². The Bertz CT molecular complexity index is 819. The molecular weight excluding hydrogens is 338 g/mol. The molecule has 0 unspecified atom stereocenters. The standard InChI is InChI=1S/C22H27N3O2/c1-16-6-5-11-25(14-16)15-20-8-3-2-7-19(20)13-24-22(27)18-10-4-9-17(12-18)21(23)26/h2-4,7-10,12,16H,5-6,11,13-15H2,1H3,(H2,23,26)(H,24,27)/t16-/m1/s1. The van der Waals surface area contributed by atoms with Crippen molar-refractivity contribution in [3.05, 3.63) is 70.8 Å². The minimum absolute atomic E-state index is 0.209. The van der Waals surface area contributed by atoms with Crippen LogP contribution in [0.5, 0.6) is 0 Å². The fourth-order valence-electron chi connectivity index (χ4n) is 3.65. The summed E-state index contributed by atoms with van der Waals surface area (Å²) in [5, 5.41) is 2.96. The molecule has 1 aliphatic heterocycles. The van der Waals surface area contributed by atoms with E-state index in [9.17, 15) is 9.59 Å². The molecule has 0 radical (unpaired) electrons. The van der Waals surface area contributed by atoms with Gasteiger partial charge in [-0.05, 0) is 54.6 Å². The molecule has 2 aromatic carbocycles. The minimum atomic E-state index is -0.536. The Morgan fingerprint density at radius 2 is 1.85 bits per heavy atom. The number of amides is 2. The van der Waals surface area contributed by atoms with Gasteiger partial charge in [-0.1, -0.05) is 37.3 Å². The molecule has 5 nitrogen and oxygen atoms in total. The van der Waals surface area contributed by atoms with E-state index < -0.39 is 5.91 Å². The van der Waals surface area contributed by atoms with E-state index in [1.165, 1.54) is 24.5 Å². The van der Waals surface area contributed by atoms with Crippen molar-refractivity contribution in [3.63, 3.8) is 0 Å². The van der Waals surface area contributed by atoms with E-state index in [0.717, 1.165) is 31.1 Å². The van der Waals surface area contributed by atoms with Gasteiger partial charge in [0.25, 0.3) is 5.91 Å². The number of nitrogens with two attached hydrogens (primary N) is 1. The van der Waals surface area contributed by atoms with Gasteiger partial charge in [0.05, 0.1) is 0 Å². The van der Waals surface area contributed by atoms with Crippen LogP contribution in [0, 0.1) is 5.92 Å². The van der Waals surface area contributed by atoms with E-state index in [0.29, 0.717) is 17.7 Å². The van der Waals surface area contributed by atoms with Gasteiger partial charge in [0.1, 0.15) is 0 Å². The van der Waals surface area contributed by atoms with Gasteiger partial charge in [-0.2, -0.15) is 0 Å². The van der Waals surface area contributed by atoms with Crippen LogP contribution in [-0.2, 0) is 13.1 Å². The van der Waals surface area contributed by atoms with Gasteiger partial charge in [-0.3, -0.25) is 14.5 Å². The fraction of sp³-hybridized carbons (Fsp3) is 0.364. The first-order chi connectivity index (χ1) is 13.0. The van der Waals surface area contributed by atoms with Crippen molar-refractivity contribution in [1.29, 1.82) is 0 Å². The monoisotopic (exact) mass is 365 g/mol. The van der Waals surface area contributed by atoms with E-state index in [2.05, 4.69) is 29.3 Å². The van der Waals surface area contributed by atoms with Crippen molar-refractivity contribution in [2.24, 2.45) is 11.7 Å². The maximum Gasteiger partial charge on any atom is 0.251 e. The Labute approximate surface area is 160 Å². The van der Waals surface area contributed by atoms with Crippen LogP contribution >= 0.6 is 0 Å². The van der Waals surface area contributed by atoms with Crippen LogP contribution in [0.25, 0.3) is 0 Å². The van der Waals surface area contributed by atoms with Gasteiger partial charge < -0.3 is 11.1 Å². The lowest BCUT2D eigenvalue weighted by Crippen LogP contribution is -2.34. The Morgan fingerprint density at radius 3 is 2.59 bits per heavy atom. The molecule has 3 rings (SSSR count). The minimum Gasteiger partial charge on any atom is -0.366 e. The van der Waals surface area contributed by atoms with Gasteiger partial charge >= 0.3 is 0 Å². The van der Waals surface area contributed by atoms with Crippen molar-refractivity contribution in [3.8, 4) is 0 Å². The number of carbonyl (C=O) groups is 2. The van der Waals surface area contributed by atoms with Gasteiger partial charge in [0.15, 0.2) is 0 Å². The van der Waals surface area contributed by atoms with Crippen molar-refractivity contribution in [1.82, 2.24) is 10.2 Å². The summed E-state index contributed by atoms with van der Waals surface area (Å²) in [4.78, 5) is 26.3. The second-order valence-electron chi connectivity index (χ2n) is 7.38. The number of hydrogen-bond acceptors (Lipinski definition) is 3. The van der Waals surface area contributed by atoms with E-state index in [1.54, 1.807) is 18.2 Å². The highest BCUT2D eigenvalue weighted by Crippen LogP contribution is 2.19. The molecule has 3 N–H and O–H groups in total. The van der Waals surface area contributed by atoms with E-state index in [1.807, 2.05) is 12.1 Å². The molecule has 1 atom stereocenters. The Kier molecular flexibility index (Phi) is 6.24. The first-order valence-electron chi connectivity index (χ1n) is 9.50. The van der Waals surface area contributed by atoms with Crippen LogP contribution in [0.2, 0.25) is 0 Å². The van der Waals surface area contributed by atoms with Crippen molar-refractivity contribution >= 4 is 11.8 Å². The smallest absolute Gasteiger partial charge is 0.251 e. The zero-order valence-corrected chi connectivity index (χ0v) is 15.8. The second-order valence-corrected chi connectivity index (χ2v) is 7.38. The molecule has 1 saturated heterocycles. The molecule has 0 aromatic heterocycles. The normalized spacial score (nSPS) is 17.4. The average molecular weight is 365 g/mol. The van der Waals surface area contributed by atoms with Gasteiger partial charge in [-0.25, -0.2) is 0 Å². The average Bonchev–Trinajstić information content (AvgIpc) is 2.67. The van der Waals surface area contributed by atoms with Crippen molar-refractivity contribution in [2.75, 3.05) is 13.1 Å². The Hall–Kier alpha value is -2.66. The van der Waals surface area contributed by atoms with Crippen LogP contribution in [0.1, 0.15) is 51.6 Å². The van der Waals surface area contributed by atoms with Crippen LogP contribution in [0.3, 0.4) is 0 Å². The van der Waals surface area contributed by atoms with Crippen LogP contribution in [0.4, 0.5) is 0 Å². The third kappa shape index (κ3) is 5.17. The van der Waals surface area contributed by atoms with E-state index >= 15 is 0 Å². The van der Waals surface area contributed by atoms with Crippen molar-refractivity contribution in [2.45, 2.75) is 32.9 Å². The largest absolute Gasteiger partial charge is 0.366 e. The molecule has 2 amide bonds. The molecule has 1 fully saturated rings. The molecular formula is C22H27N3O2. The molecule has 142 valence electrons. The number of benzene rings is 2. The lowest BCUT2D eigenvalue weighted by atomic mass is 9.99. The summed E-state index contributed by atoms with van der Waals surface area (Å²) in [7, 11) is 0. The molecule has 0 aliphatic carbocycles. The summed E-state index contributed by atoms with van der Waals surface area (Å²) >= 11 is 0. The highest BCUT2D eigenvalue weighted by Gasteiger charge is 2.17. The molecule has 2 aromatic rings. The third-order valence-corrected chi connectivity index (χ3v) is 5.10. The number of nitrogens with zero attached hydrogens (tertiary/aromatic N) is 1. The number of rotatable bonds is 6. The van der Waals surface area contributed by atoms with Gasteiger partial charge in [0, 0.05) is 30.8 Å². The third-order valence-electron chi connectivity index (χ3n) is 5.10. The summed E-state index contributed by atoms with van der Waals surface area (Å²) in [6, 6.07) is 14.7. The lowest BCUT2D eigenvalue weighted by molar-refractivity contribution is 0.0950. The SMILES string of the molecule is C[C@@H]1CCCN(Cc2ccccc2CNC(=O)c2cccc(C(N)=O)c2)C1. The number of hydrogen-bond donors (Lipinski definition) is 2. The number of nitrogens with one attached hydrogen (secondary N) is 1. The second kappa shape index (κ2) is 8.82. The lowest BCUT2D eigenvalue weighted by Gasteiger charge is -2.31. The van der Waals surface area contributed by atoms with Gasteiger partial charge in [-0.15, -0.1) is 0 Å². The maximum absolute atomic E-state index is 12.5. The van der Waals surface area contributed by atoms with Crippen LogP contribution in [-0.4, -0.2) is 29.8 Å². The van der Waals surface area contributed by atoms with Gasteiger partial charge in [0.2, 0.25) is 5.91 Å². The number of carbonyl (C=O) groups excluding carboxylic acids is 2. The molecule has 0 bridgehead atoms.